The molecule has 11 rings (SSSR count). The van der Waals surface area contributed by atoms with E-state index in [0.29, 0.717) is 0 Å². The highest BCUT2D eigenvalue weighted by molar-refractivity contribution is 5.97. The Morgan fingerprint density at radius 3 is 1.57 bits per heavy atom. The lowest BCUT2D eigenvalue weighted by molar-refractivity contribution is 0.793. The smallest absolute Gasteiger partial charge is 0.0726 e. The van der Waals surface area contributed by atoms with Crippen molar-refractivity contribution in [3.63, 3.8) is 0 Å². The van der Waals surface area contributed by atoms with Crippen molar-refractivity contribution in [3.8, 4) is 44.5 Å². The van der Waals surface area contributed by atoms with E-state index in [1.54, 1.807) is 0 Å². The molecule has 0 bridgehead atoms. The molecule has 60 heavy (non-hydrogen) atoms. The summed E-state index contributed by atoms with van der Waals surface area (Å²) in [5.74, 6) is 0. The van der Waals surface area contributed by atoms with Gasteiger partial charge in [0.15, 0.2) is 0 Å². The van der Waals surface area contributed by atoms with Gasteiger partial charge in [-0.05, 0) is 131 Å². The van der Waals surface area contributed by atoms with E-state index in [-0.39, 0.29) is 0 Å². The van der Waals surface area contributed by atoms with E-state index >= 15 is 0 Å². The lowest BCUT2D eigenvalue weighted by Crippen LogP contribution is -2.26. The molecule has 0 amide bonds. The van der Waals surface area contributed by atoms with Gasteiger partial charge in [-0.3, -0.25) is 0 Å². The zero-order valence-electron chi connectivity index (χ0n) is 33.2. The molecule has 0 heterocycles. The number of nitrogens with zero attached hydrogens (tertiary/aromatic N) is 1. The normalized spacial score (nSPS) is 13.0. The Labute approximate surface area is 352 Å². The summed E-state index contributed by atoms with van der Waals surface area (Å²) in [6.45, 7) is 8.20. The molecule has 1 nitrogen and oxygen atoms in total. The van der Waals surface area contributed by atoms with Gasteiger partial charge >= 0.3 is 0 Å². The van der Waals surface area contributed by atoms with Crippen LogP contribution in [0.15, 0.2) is 238 Å². The summed E-state index contributed by atoms with van der Waals surface area (Å²) >= 11 is 0. The molecule has 0 aromatic heterocycles. The molecule has 1 heteroatoms. The maximum Gasteiger partial charge on any atom is 0.0726 e. The second-order valence-electron chi connectivity index (χ2n) is 15.7. The van der Waals surface area contributed by atoms with Gasteiger partial charge in [-0.1, -0.05) is 195 Å². The molecule has 0 saturated carbocycles. The lowest BCUT2D eigenvalue weighted by Gasteiger charge is -2.32. The Morgan fingerprint density at radius 1 is 0.383 bits per heavy atom. The Bertz CT molecular complexity index is 3120. The van der Waals surface area contributed by atoms with E-state index in [1.165, 1.54) is 66.4 Å². The Morgan fingerprint density at radius 2 is 0.917 bits per heavy atom. The predicted octanol–water partition coefficient (Wildman–Crippen LogP) is 15.7. The van der Waals surface area contributed by atoms with Gasteiger partial charge in [-0.25, -0.2) is 0 Å². The van der Waals surface area contributed by atoms with Gasteiger partial charge < -0.3 is 4.90 Å². The third kappa shape index (κ3) is 5.40. The number of hydrogen-bond donors (Lipinski definition) is 0. The van der Waals surface area contributed by atoms with Crippen LogP contribution in [0.1, 0.15) is 27.8 Å². The molecule has 1 spiro atoms. The largest absolute Gasteiger partial charge is 0.310 e. The summed E-state index contributed by atoms with van der Waals surface area (Å²) in [6.07, 6.45) is 5.79. The first-order valence-electron chi connectivity index (χ1n) is 20.7. The van der Waals surface area contributed by atoms with E-state index < -0.39 is 5.41 Å². The number of anilines is 3. The first kappa shape index (κ1) is 35.4. The van der Waals surface area contributed by atoms with Crippen molar-refractivity contribution >= 4 is 33.4 Å². The third-order valence-corrected chi connectivity index (χ3v) is 12.6. The van der Waals surface area contributed by atoms with E-state index in [0.717, 1.165) is 39.3 Å². The van der Waals surface area contributed by atoms with E-state index in [9.17, 15) is 0 Å². The number of hydrogen-bond acceptors (Lipinski definition) is 1. The number of rotatable bonds is 8. The molecule has 0 saturated heterocycles. The maximum absolute atomic E-state index is 4.18. The standard InChI is InChI=1S/C59H41N/c1-3-16-40(4-2)49-35-33-47(38-54(49)43-18-6-5-7-19-43)60(46-31-29-42(30-32-46)45-28-27-41-17-8-9-20-44(41)37-45)48-34-36-53-52-23-12-15-26-57(52)59(58(53)39-48)55-24-13-10-21-50(55)51-22-11-14-25-56(51)59/h3-39H,1-2H2/b40-16+. The van der Waals surface area contributed by atoms with Crippen LogP contribution in [0.4, 0.5) is 17.1 Å². The van der Waals surface area contributed by atoms with Gasteiger partial charge in [0.1, 0.15) is 0 Å². The highest BCUT2D eigenvalue weighted by Crippen LogP contribution is 2.63. The van der Waals surface area contributed by atoms with E-state index in [4.69, 9.17) is 0 Å². The SMILES string of the molecule is C=C/C=C(\C=C)c1ccc(N(c2ccc(-c3ccc4ccccc4c3)cc2)c2ccc3c(c2)C2(c4ccccc4-c4ccccc42)c2ccccc2-3)cc1-c1ccccc1. The minimum atomic E-state index is -0.450. The van der Waals surface area contributed by atoms with Crippen LogP contribution in [0.2, 0.25) is 0 Å². The summed E-state index contributed by atoms with van der Waals surface area (Å²) in [5.41, 5.74) is 20.0. The summed E-state index contributed by atoms with van der Waals surface area (Å²) in [6, 6.07) is 76.0. The Balaban J connectivity index is 1.14. The minimum absolute atomic E-state index is 0.450. The second-order valence-corrected chi connectivity index (χ2v) is 15.7. The lowest BCUT2D eigenvalue weighted by atomic mass is 9.70. The molecule has 9 aromatic rings. The Kier molecular flexibility index (Phi) is 8.42. The Hall–Kier alpha value is -7.74. The summed E-state index contributed by atoms with van der Waals surface area (Å²) in [5, 5.41) is 2.48. The van der Waals surface area contributed by atoms with Crippen LogP contribution in [-0.2, 0) is 5.41 Å². The average molecular weight is 764 g/mol. The fourth-order valence-electron chi connectivity index (χ4n) is 10.0. The van der Waals surface area contributed by atoms with Crippen LogP contribution < -0.4 is 4.90 Å². The summed E-state index contributed by atoms with van der Waals surface area (Å²) < 4.78 is 0. The van der Waals surface area contributed by atoms with Crippen molar-refractivity contribution in [3.05, 3.63) is 265 Å². The molecule has 0 N–H and O–H groups in total. The number of fused-ring (bicyclic) bond motifs is 11. The highest BCUT2D eigenvalue weighted by atomic mass is 15.1. The molecule has 2 aliphatic rings. The second kappa shape index (κ2) is 14.3. The molecular weight excluding hydrogens is 723 g/mol. The molecule has 282 valence electrons. The zero-order valence-corrected chi connectivity index (χ0v) is 33.2. The predicted molar refractivity (Wildman–Crippen MR) is 254 cm³/mol. The molecule has 0 fully saturated rings. The van der Waals surface area contributed by atoms with Crippen LogP contribution in [-0.4, -0.2) is 0 Å². The quantitative estimate of drug-likeness (QED) is 0.139. The van der Waals surface area contributed by atoms with Gasteiger partial charge in [0.2, 0.25) is 0 Å². The molecule has 0 aliphatic heterocycles. The van der Waals surface area contributed by atoms with Gasteiger partial charge in [0, 0.05) is 17.1 Å². The van der Waals surface area contributed by atoms with Crippen LogP contribution >= 0.6 is 0 Å². The van der Waals surface area contributed by atoms with Gasteiger partial charge in [-0.15, -0.1) is 0 Å². The van der Waals surface area contributed by atoms with Gasteiger partial charge in [-0.2, -0.15) is 0 Å². The van der Waals surface area contributed by atoms with Gasteiger partial charge in [0.05, 0.1) is 5.41 Å². The van der Waals surface area contributed by atoms with Crippen LogP contribution in [0.25, 0.3) is 60.9 Å². The van der Waals surface area contributed by atoms with Crippen molar-refractivity contribution in [2.45, 2.75) is 5.41 Å². The molecule has 0 unspecified atom stereocenters. The molecular formula is C59H41N. The first-order valence-corrected chi connectivity index (χ1v) is 20.7. The van der Waals surface area contributed by atoms with Crippen molar-refractivity contribution in [1.82, 2.24) is 0 Å². The minimum Gasteiger partial charge on any atom is -0.310 e. The summed E-state index contributed by atoms with van der Waals surface area (Å²) in [7, 11) is 0. The van der Waals surface area contributed by atoms with Gasteiger partial charge in [0.25, 0.3) is 0 Å². The maximum atomic E-state index is 4.18. The van der Waals surface area contributed by atoms with Crippen molar-refractivity contribution < 1.29 is 0 Å². The molecule has 2 aliphatic carbocycles. The van der Waals surface area contributed by atoms with Crippen molar-refractivity contribution in [2.75, 3.05) is 4.90 Å². The summed E-state index contributed by atoms with van der Waals surface area (Å²) in [4.78, 5) is 2.43. The van der Waals surface area contributed by atoms with Crippen LogP contribution in [0.3, 0.4) is 0 Å². The first-order chi connectivity index (χ1) is 29.7. The average Bonchev–Trinajstić information content (AvgIpc) is 3.78. The third-order valence-electron chi connectivity index (χ3n) is 12.6. The van der Waals surface area contributed by atoms with Crippen molar-refractivity contribution in [1.29, 1.82) is 0 Å². The molecule has 9 aromatic carbocycles. The fourth-order valence-corrected chi connectivity index (χ4v) is 10.0. The zero-order chi connectivity index (χ0) is 40.2. The van der Waals surface area contributed by atoms with Crippen LogP contribution in [0, 0.1) is 0 Å². The topological polar surface area (TPSA) is 3.24 Å². The molecule has 0 radical (unpaired) electrons. The van der Waals surface area contributed by atoms with E-state index in [1.807, 2.05) is 18.2 Å². The van der Waals surface area contributed by atoms with E-state index in [2.05, 4.69) is 224 Å². The number of benzene rings is 9. The fraction of sp³-hybridized carbons (Fsp3) is 0.0169. The number of allylic oxidation sites excluding steroid dienone is 4. The van der Waals surface area contributed by atoms with Crippen LogP contribution in [0.5, 0.6) is 0 Å². The monoisotopic (exact) mass is 763 g/mol. The van der Waals surface area contributed by atoms with Crippen molar-refractivity contribution in [2.24, 2.45) is 0 Å². The highest BCUT2D eigenvalue weighted by Gasteiger charge is 2.51. The molecule has 0 atom stereocenters.